The number of carbonyl (C=O) groups is 1. The minimum atomic E-state index is -3.08. The molecule has 0 aromatic heterocycles. The Kier molecular flexibility index (Phi) is 4.32. The Morgan fingerprint density at radius 2 is 2.10 bits per heavy atom. The number of rotatable bonds is 5. The van der Waals surface area contributed by atoms with Crippen LogP contribution in [0.3, 0.4) is 0 Å². The molecule has 0 N–H and O–H groups in total. The summed E-state index contributed by atoms with van der Waals surface area (Å²) >= 11 is 0. The van der Waals surface area contributed by atoms with E-state index in [-0.39, 0.29) is 24.2 Å². The van der Waals surface area contributed by atoms with E-state index < -0.39 is 9.84 Å². The molecule has 20 heavy (non-hydrogen) atoms. The Bertz CT molecular complexity index is 591. The third-order valence-electron chi connectivity index (χ3n) is 3.18. The van der Waals surface area contributed by atoms with E-state index in [9.17, 15) is 13.2 Å². The van der Waals surface area contributed by atoms with Gasteiger partial charge in [-0.1, -0.05) is 12.1 Å². The van der Waals surface area contributed by atoms with Gasteiger partial charge in [-0.25, -0.2) is 8.42 Å². The van der Waals surface area contributed by atoms with Gasteiger partial charge in [0.1, 0.15) is 21.7 Å². The van der Waals surface area contributed by atoms with E-state index in [4.69, 9.17) is 4.74 Å². The van der Waals surface area contributed by atoms with Crippen molar-refractivity contribution in [1.29, 1.82) is 0 Å². The molecule has 0 spiro atoms. The van der Waals surface area contributed by atoms with E-state index in [1.54, 1.807) is 4.90 Å². The number of hydrogen-bond donors (Lipinski definition) is 0. The van der Waals surface area contributed by atoms with Gasteiger partial charge in [0.15, 0.2) is 0 Å². The molecular weight excluding hydrogens is 278 g/mol. The zero-order valence-electron chi connectivity index (χ0n) is 11.7. The van der Waals surface area contributed by atoms with Crippen molar-refractivity contribution in [2.75, 3.05) is 25.1 Å². The summed E-state index contributed by atoms with van der Waals surface area (Å²) in [7, 11) is -3.08. The Hall–Kier alpha value is -1.56. The van der Waals surface area contributed by atoms with Crippen LogP contribution in [0.15, 0.2) is 24.3 Å². The Morgan fingerprint density at radius 1 is 1.40 bits per heavy atom. The fourth-order valence-electron chi connectivity index (χ4n) is 2.03. The third kappa shape index (κ3) is 4.23. The molecule has 1 aliphatic heterocycles. The maximum atomic E-state index is 11.7. The van der Waals surface area contributed by atoms with Gasteiger partial charge in [0.05, 0.1) is 18.8 Å². The van der Waals surface area contributed by atoms with Gasteiger partial charge in [0.25, 0.3) is 0 Å². The summed E-state index contributed by atoms with van der Waals surface area (Å²) in [5, 5.41) is 0. The minimum Gasteiger partial charge on any atom is -0.487 e. The molecule has 6 heteroatoms. The van der Waals surface area contributed by atoms with Crippen LogP contribution in [0, 0.1) is 6.92 Å². The molecule has 0 saturated carbocycles. The minimum absolute atomic E-state index is 0.000941. The largest absolute Gasteiger partial charge is 0.487 e. The summed E-state index contributed by atoms with van der Waals surface area (Å²) in [5.74, 6) is 0.587. The molecule has 1 saturated heterocycles. The molecule has 110 valence electrons. The molecular formula is C14H19NO4S. The van der Waals surface area contributed by atoms with Crippen molar-refractivity contribution in [2.45, 2.75) is 19.4 Å². The molecule has 0 atom stereocenters. The summed E-state index contributed by atoms with van der Waals surface area (Å²) in [6, 6.07) is 7.77. The lowest BCUT2D eigenvalue weighted by Gasteiger charge is -2.39. The van der Waals surface area contributed by atoms with Gasteiger partial charge in [-0.2, -0.15) is 0 Å². The van der Waals surface area contributed by atoms with E-state index in [2.05, 4.69) is 0 Å². The maximum Gasteiger partial charge on any atom is 0.223 e. The predicted molar refractivity (Wildman–Crippen MR) is 76.5 cm³/mol. The van der Waals surface area contributed by atoms with Gasteiger partial charge < -0.3 is 9.64 Å². The number of nitrogens with zero attached hydrogens (tertiary/aromatic N) is 1. The number of amides is 1. The van der Waals surface area contributed by atoms with Crippen molar-refractivity contribution in [1.82, 2.24) is 4.90 Å². The average molecular weight is 297 g/mol. The van der Waals surface area contributed by atoms with E-state index in [0.29, 0.717) is 13.1 Å². The van der Waals surface area contributed by atoms with Gasteiger partial charge in [0.2, 0.25) is 5.91 Å². The lowest BCUT2D eigenvalue weighted by Crippen LogP contribution is -2.56. The van der Waals surface area contributed by atoms with Crippen molar-refractivity contribution in [2.24, 2.45) is 0 Å². The van der Waals surface area contributed by atoms with E-state index in [1.165, 1.54) is 0 Å². The Labute approximate surface area is 119 Å². The quantitative estimate of drug-likeness (QED) is 0.814. The van der Waals surface area contributed by atoms with Crippen molar-refractivity contribution >= 4 is 15.7 Å². The van der Waals surface area contributed by atoms with Crippen LogP contribution in [0.1, 0.15) is 12.0 Å². The zero-order chi connectivity index (χ0) is 14.8. The fraction of sp³-hybridized carbons (Fsp3) is 0.500. The highest BCUT2D eigenvalue weighted by molar-refractivity contribution is 7.90. The topological polar surface area (TPSA) is 63.7 Å². The number of benzene rings is 1. The number of ether oxygens (including phenoxy) is 1. The van der Waals surface area contributed by atoms with Crippen LogP contribution in [0.2, 0.25) is 0 Å². The number of likely N-dealkylation sites (tertiary alicyclic amines) is 1. The fourth-order valence-corrected chi connectivity index (χ4v) is 2.57. The number of hydrogen-bond acceptors (Lipinski definition) is 4. The maximum absolute atomic E-state index is 11.7. The summed E-state index contributed by atoms with van der Waals surface area (Å²) in [5.41, 5.74) is 1.13. The first-order chi connectivity index (χ1) is 9.33. The van der Waals surface area contributed by atoms with Crippen LogP contribution in [0.4, 0.5) is 0 Å². The van der Waals surface area contributed by atoms with Crippen molar-refractivity contribution < 1.29 is 17.9 Å². The third-order valence-corrected chi connectivity index (χ3v) is 4.13. The molecule has 0 radical (unpaired) electrons. The monoisotopic (exact) mass is 297 g/mol. The molecule has 1 fully saturated rings. The highest BCUT2D eigenvalue weighted by atomic mass is 32.2. The Balaban J connectivity index is 1.76. The van der Waals surface area contributed by atoms with Crippen molar-refractivity contribution in [3.05, 3.63) is 29.8 Å². The lowest BCUT2D eigenvalue weighted by atomic mass is 10.1. The second-order valence-corrected chi connectivity index (χ2v) is 7.49. The van der Waals surface area contributed by atoms with Crippen molar-refractivity contribution in [3.8, 4) is 5.75 Å². The standard InChI is InChI=1S/C14H19NO4S/c1-11-4-3-5-12(8-11)19-13-9-15(10-13)14(16)6-7-20(2,17)18/h3-5,8,13H,6-7,9-10H2,1-2H3. The molecule has 5 nitrogen and oxygen atoms in total. The summed E-state index contributed by atoms with van der Waals surface area (Å²) in [6.07, 6.45) is 1.19. The molecule has 1 amide bonds. The van der Waals surface area contributed by atoms with Gasteiger partial charge in [-0.3, -0.25) is 4.79 Å². The summed E-state index contributed by atoms with van der Waals surface area (Å²) < 4.78 is 27.8. The smallest absolute Gasteiger partial charge is 0.223 e. The molecule has 0 bridgehead atoms. The van der Waals surface area contributed by atoms with Gasteiger partial charge >= 0.3 is 0 Å². The second kappa shape index (κ2) is 5.83. The van der Waals surface area contributed by atoms with Crippen molar-refractivity contribution in [3.63, 3.8) is 0 Å². The second-order valence-electron chi connectivity index (χ2n) is 5.23. The van der Waals surface area contributed by atoms with Crippen LogP contribution >= 0.6 is 0 Å². The van der Waals surface area contributed by atoms with E-state index in [0.717, 1.165) is 17.6 Å². The molecule has 1 aromatic carbocycles. The molecule has 1 aromatic rings. The first kappa shape index (κ1) is 14.8. The first-order valence-electron chi connectivity index (χ1n) is 6.52. The number of sulfone groups is 1. The SMILES string of the molecule is Cc1cccc(OC2CN(C(=O)CCS(C)(=O)=O)C2)c1. The number of carbonyl (C=O) groups excluding carboxylic acids is 1. The normalized spacial score (nSPS) is 15.8. The molecule has 0 aliphatic carbocycles. The van der Waals surface area contributed by atoms with Gasteiger partial charge in [-0.05, 0) is 24.6 Å². The number of aryl methyl sites for hydroxylation is 1. The molecule has 1 aliphatic rings. The first-order valence-corrected chi connectivity index (χ1v) is 8.58. The zero-order valence-corrected chi connectivity index (χ0v) is 12.5. The van der Waals surface area contributed by atoms with E-state index in [1.807, 2.05) is 31.2 Å². The van der Waals surface area contributed by atoms with Crippen LogP contribution in [0.25, 0.3) is 0 Å². The van der Waals surface area contributed by atoms with E-state index >= 15 is 0 Å². The van der Waals surface area contributed by atoms with Gasteiger partial charge in [-0.15, -0.1) is 0 Å². The molecule has 1 heterocycles. The predicted octanol–water partition coefficient (Wildman–Crippen LogP) is 1.02. The Morgan fingerprint density at radius 3 is 2.70 bits per heavy atom. The summed E-state index contributed by atoms with van der Waals surface area (Å²) in [4.78, 5) is 13.4. The average Bonchev–Trinajstić information content (AvgIpc) is 2.29. The van der Waals surface area contributed by atoms with Crippen LogP contribution in [-0.4, -0.2) is 50.4 Å². The van der Waals surface area contributed by atoms with Crippen LogP contribution in [0.5, 0.6) is 5.75 Å². The van der Waals surface area contributed by atoms with Crippen LogP contribution in [-0.2, 0) is 14.6 Å². The highest BCUT2D eigenvalue weighted by Gasteiger charge is 2.32. The van der Waals surface area contributed by atoms with Gasteiger partial charge in [0, 0.05) is 12.7 Å². The van der Waals surface area contributed by atoms with Crippen LogP contribution < -0.4 is 4.74 Å². The molecule has 0 unspecified atom stereocenters. The lowest BCUT2D eigenvalue weighted by molar-refractivity contribution is -0.139. The summed E-state index contributed by atoms with van der Waals surface area (Å²) in [6.45, 7) is 3.04. The highest BCUT2D eigenvalue weighted by Crippen LogP contribution is 2.19. The molecule has 2 rings (SSSR count).